The smallest absolute Gasteiger partial charge is 0.323 e. The molecule has 1 aliphatic rings. The third-order valence-corrected chi connectivity index (χ3v) is 3.62. The molecule has 1 fully saturated rings. The molecule has 6 heteroatoms. The molecule has 1 saturated heterocycles. The van der Waals surface area contributed by atoms with E-state index in [1.165, 1.54) is 4.90 Å². The number of hydrogen-bond donors (Lipinski definition) is 2. The summed E-state index contributed by atoms with van der Waals surface area (Å²) in [5.74, 6) is 1.28. The summed E-state index contributed by atoms with van der Waals surface area (Å²) in [5.41, 5.74) is 0. The van der Waals surface area contributed by atoms with Gasteiger partial charge in [-0.1, -0.05) is 13.8 Å². The van der Waals surface area contributed by atoms with Gasteiger partial charge in [-0.2, -0.15) is 11.8 Å². The molecular weight excluding hydrogens is 240 g/mol. The Hall–Kier alpha value is -0.910. The van der Waals surface area contributed by atoms with Crippen LogP contribution in [-0.2, 0) is 4.79 Å². The minimum absolute atomic E-state index is 0.191. The number of rotatable bonds is 5. The van der Waals surface area contributed by atoms with Gasteiger partial charge in [-0.05, 0) is 18.1 Å². The minimum atomic E-state index is -0.971. The van der Waals surface area contributed by atoms with E-state index in [2.05, 4.69) is 5.32 Å². The van der Waals surface area contributed by atoms with E-state index >= 15 is 0 Å². The van der Waals surface area contributed by atoms with Crippen molar-refractivity contribution >= 4 is 23.8 Å². The molecule has 0 saturated carbocycles. The van der Waals surface area contributed by atoms with Gasteiger partial charge < -0.3 is 15.3 Å². The molecule has 1 aliphatic heterocycles. The van der Waals surface area contributed by atoms with E-state index in [4.69, 9.17) is 5.11 Å². The van der Waals surface area contributed by atoms with Crippen molar-refractivity contribution in [1.82, 2.24) is 10.2 Å². The lowest BCUT2D eigenvalue weighted by molar-refractivity contribution is -0.137. The Labute approximate surface area is 106 Å². The normalized spacial score (nSPS) is 19.4. The van der Waals surface area contributed by atoms with E-state index in [0.717, 1.165) is 17.9 Å². The van der Waals surface area contributed by atoms with Crippen LogP contribution in [0, 0.1) is 5.92 Å². The molecule has 0 aromatic heterocycles. The zero-order chi connectivity index (χ0) is 12.8. The summed E-state index contributed by atoms with van der Waals surface area (Å²) in [7, 11) is 0. The molecule has 2 N–H and O–H groups in total. The van der Waals surface area contributed by atoms with Crippen LogP contribution >= 0.6 is 11.8 Å². The Bertz CT molecular complexity index is 278. The second-order valence-corrected chi connectivity index (χ2v) is 5.83. The Morgan fingerprint density at radius 1 is 1.53 bits per heavy atom. The van der Waals surface area contributed by atoms with Crippen LogP contribution in [0.2, 0.25) is 0 Å². The summed E-state index contributed by atoms with van der Waals surface area (Å²) >= 11 is 1.81. The number of amides is 2. The van der Waals surface area contributed by atoms with E-state index in [1.807, 2.05) is 25.6 Å². The molecule has 98 valence electrons. The molecule has 0 spiro atoms. The second kappa shape index (κ2) is 6.74. The van der Waals surface area contributed by atoms with Gasteiger partial charge in [0.1, 0.15) is 6.54 Å². The van der Waals surface area contributed by atoms with Gasteiger partial charge in [0, 0.05) is 18.3 Å². The van der Waals surface area contributed by atoms with Gasteiger partial charge in [0.15, 0.2) is 0 Å². The fraction of sp³-hybridized carbons (Fsp3) is 0.818. The van der Waals surface area contributed by atoms with Crippen LogP contribution in [0.25, 0.3) is 0 Å². The van der Waals surface area contributed by atoms with Crippen molar-refractivity contribution in [2.24, 2.45) is 5.92 Å². The first kappa shape index (κ1) is 14.2. The fourth-order valence-corrected chi connectivity index (χ4v) is 2.89. The van der Waals surface area contributed by atoms with Gasteiger partial charge in [-0.3, -0.25) is 4.79 Å². The Morgan fingerprint density at radius 2 is 2.24 bits per heavy atom. The van der Waals surface area contributed by atoms with Crippen LogP contribution in [0.15, 0.2) is 0 Å². The predicted octanol–water partition coefficient (Wildman–Crippen LogP) is 1.24. The maximum atomic E-state index is 11.9. The third-order valence-electron chi connectivity index (χ3n) is 2.46. The molecule has 0 aromatic carbocycles. The quantitative estimate of drug-likeness (QED) is 0.780. The fourth-order valence-electron chi connectivity index (χ4n) is 1.74. The number of carbonyl (C=O) groups excluding carboxylic acids is 1. The molecule has 0 bridgehead atoms. The SMILES string of the molecule is CC(C)CN(CC(=O)O)C(=O)NC1CCSC1. The number of hydrogen-bond acceptors (Lipinski definition) is 3. The number of aliphatic carboxylic acids is 1. The van der Waals surface area contributed by atoms with E-state index in [-0.39, 0.29) is 24.5 Å². The average molecular weight is 260 g/mol. The number of nitrogens with zero attached hydrogens (tertiary/aromatic N) is 1. The van der Waals surface area contributed by atoms with Gasteiger partial charge in [0.05, 0.1) is 0 Å². The van der Waals surface area contributed by atoms with Crippen LogP contribution in [0.5, 0.6) is 0 Å². The van der Waals surface area contributed by atoms with Crippen molar-refractivity contribution in [2.75, 3.05) is 24.6 Å². The zero-order valence-electron chi connectivity index (χ0n) is 10.3. The number of carboxylic acids is 1. The standard InChI is InChI=1S/C11H20N2O3S/c1-8(2)5-13(6-10(14)15)11(16)12-9-3-4-17-7-9/h8-9H,3-7H2,1-2H3,(H,12,16)(H,14,15). The first-order chi connectivity index (χ1) is 7.99. The van der Waals surface area contributed by atoms with E-state index in [0.29, 0.717) is 6.54 Å². The molecule has 1 atom stereocenters. The Kier molecular flexibility index (Phi) is 5.61. The Balaban J connectivity index is 2.48. The first-order valence-corrected chi connectivity index (χ1v) is 6.99. The Morgan fingerprint density at radius 3 is 2.71 bits per heavy atom. The summed E-state index contributed by atoms with van der Waals surface area (Å²) in [6.45, 7) is 4.17. The third kappa shape index (κ3) is 5.30. The molecule has 17 heavy (non-hydrogen) atoms. The van der Waals surface area contributed by atoms with Crippen LogP contribution in [-0.4, -0.2) is 52.6 Å². The molecule has 1 unspecified atom stereocenters. The highest BCUT2D eigenvalue weighted by atomic mass is 32.2. The van der Waals surface area contributed by atoms with Crippen molar-refractivity contribution in [3.05, 3.63) is 0 Å². The summed E-state index contributed by atoms with van der Waals surface area (Å²) in [5, 5.41) is 11.7. The van der Waals surface area contributed by atoms with Crippen molar-refractivity contribution in [2.45, 2.75) is 26.3 Å². The van der Waals surface area contributed by atoms with Crippen LogP contribution in [0.1, 0.15) is 20.3 Å². The average Bonchev–Trinajstić information content (AvgIpc) is 2.67. The van der Waals surface area contributed by atoms with Gasteiger partial charge in [0.2, 0.25) is 0 Å². The van der Waals surface area contributed by atoms with Crippen molar-refractivity contribution in [3.63, 3.8) is 0 Å². The number of thioether (sulfide) groups is 1. The van der Waals surface area contributed by atoms with E-state index < -0.39 is 5.97 Å². The first-order valence-electron chi connectivity index (χ1n) is 5.84. The van der Waals surface area contributed by atoms with Gasteiger partial charge in [0.25, 0.3) is 0 Å². The molecule has 2 amide bonds. The van der Waals surface area contributed by atoms with Gasteiger partial charge in [-0.25, -0.2) is 4.79 Å². The molecular formula is C11H20N2O3S. The predicted molar refractivity (Wildman–Crippen MR) is 68.3 cm³/mol. The van der Waals surface area contributed by atoms with Crippen LogP contribution < -0.4 is 5.32 Å². The van der Waals surface area contributed by atoms with E-state index in [1.54, 1.807) is 0 Å². The molecule has 0 aromatic rings. The van der Waals surface area contributed by atoms with Crippen LogP contribution in [0.3, 0.4) is 0 Å². The molecule has 0 aliphatic carbocycles. The zero-order valence-corrected chi connectivity index (χ0v) is 11.1. The number of carboxylic acid groups (broad SMARTS) is 1. The molecule has 1 rings (SSSR count). The summed E-state index contributed by atoms with van der Waals surface area (Å²) in [6.07, 6.45) is 0.971. The topological polar surface area (TPSA) is 69.6 Å². The number of urea groups is 1. The number of nitrogens with one attached hydrogen (secondary N) is 1. The summed E-state index contributed by atoms with van der Waals surface area (Å²) in [6, 6.07) is -0.0652. The summed E-state index contributed by atoms with van der Waals surface area (Å²) in [4.78, 5) is 24.0. The minimum Gasteiger partial charge on any atom is -0.480 e. The van der Waals surface area contributed by atoms with Gasteiger partial charge in [-0.15, -0.1) is 0 Å². The number of carbonyl (C=O) groups is 2. The highest BCUT2D eigenvalue weighted by Gasteiger charge is 2.22. The molecule has 0 radical (unpaired) electrons. The lowest BCUT2D eigenvalue weighted by Crippen LogP contribution is -2.48. The lowest BCUT2D eigenvalue weighted by Gasteiger charge is -2.24. The largest absolute Gasteiger partial charge is 0.480 e. The maximum absolute atomic E-state index is 11.9. The summed E-state index contributed by atoms with van der Waals surface area (Å²) < 4.78 is 0. The molecule has 1 heterocycles. The highest BCUT2D eigenvalue weighted by molar-refractivity contribution is 7.99. The maximum Gasteiger partial charge on any atom is 0.323 e. The van der Waals surface area contributed by atoms with Crippen molar-refractivity contribution in [1.29, 1.82) is 0 Å². The van der Waals surface area contributed by atoms with E-state index in [9.17, 15) is 9.59 Å². The second-order valence-electron chi connectivity index (χ2n) is 4.68. The highest BCUT2D eigenvalue weighted by Crippen LogP contribution is 2.17. The monoisotopic (exact) mass is 260 g/mol. The van der Waals surface area contributed by atoms with Gasteiger partial charge >= 0.3 is 12.0 Å². The lowest BCUT2D eigenvalue weighted by atomic mass is 10.2. The molecule has 5 nitrogen and oxygen atoms in total. The van der Waals surface area contributed by atoms with Crippen LogP contribution in [0.4, 0.5) is 4.79 Å². The van der Waals surface area contributed by atoms with Crippen molar-refractivity contribution < 1.29 is 14.7 Å². The van der Waals surface area contributed by atoms with Crippen molar-refractivity contribution in [3.8, 4) is 0 Å².